The van der Waals surface area contributed by atoms with Crippen molar-refractivity contribution in [3.8, 4) is 0 Å². The fraction of sp³-hybridized carbons (Fsp3) is 0. The van der Waals surface area contributed by atoms with Gasteiger partial charge in [-0.25, -0.2) is 4.99 Å². The fourth-order valence-corrected chi connectivity index (χ4v) is 0.0745. The van der Waals surface area contributed by atoms with Crippen molar-refractivity contribution in [2.24, 2.45) is 16.5 Å². The molecule has 0 radical (unpaired) electrons. The van der Waals surface area contributed by atoms with Gasteiger partial charge >= 0.3 is 0 Å². The first-order chi connectivity index (χ1) is 2.77. The highest BCUT2D eigenvalue weighted by Gasteiger charge is 1.65. The summed E-state index contributed by atoms with van der Waals surface area (Å²) in [6, 6.07) is 0. The summed E-state index contributed by atoms with van der Waals surface area (Å²) in [6.07, 6.45) is 0.787. The van der Waals surface area contributed by atoms with Crippen LogP contribution in [0.25, 0.3) is 0 Å². The third-order valence-corrected chi connectivity index (χ3v) is 0.214. The van der Waals surface area contributed by atoms with Crippen LogP contribution in [0.2, 0.25) is 0 Å². The van der Waals surface area contributed by atoms with E-state index >= 15 is 0 Å². The number of rotatable bonds is 1. The molecule has 4 nitrogen and oxygen atoms in total. The van der Waals surface area contributed by atoms with E-state index in [0.29, 0.717) is 0 Å². The van der Waals surface area contributed by atoms with E-state index in [-0.39, 0.29) is 18.4 Å². The van der Waals surface area contributed by atoms with Crippen LogP contribution in [0.5, 0.6) is 0 Å². The first-order valence-corrected chi connectivity index (χ1v) is 1.35. The van der Waals surface area contributed by atoms with E-state index < -0.39 is 0 Å². The molecule has 0 aromatic heterocycles. The molecular weight excluding hydrogens is 116 g/mol. The van der Waals surface area contributed by atoms with Crippen LogP contribution in [0.3, 0.4) is 0 Å². The Balaban J connectivity index is 0. The van der Waals surface area contributed by atoms with Crippen molar-refractivity contribution in [2.45, 2.75) is 0 Å². The molecule has 0 rings (SSSR count). The summed E-state index contributed by atoms with van der Waals surface area (Å²) < 4.78 is 0. The number of hydrogen-bond acceptors (Lipinski definition) is 1. The van der Waals surface area contributed by atoms with Crippen molar-refractivity contribution in [2.75, 3.05) is 0 Å². The number of guanidine groups is 1. The summed E-state index contributed by atoms with van der Waals surface area (Å²) >= 11 is 0. The minimum absolute atomic E-state index is 0. The van der Waals surface area contributed by atoms with Gasteiger partial charge in [0.2, 0.25) is 0 Å². The van der Waals surface area contributed by atoms with E-state index in [1.807, 2.05) is 0 Å². The number of halogens is 1. The van der Waals surface area contributed by atoms with Crippen molar-refractivity contribution in [3.63, 3.8) is 0 Å². The van der Waals surface area contributed by atoms with Crippen molar-refractivity contribution in [1.82, 2.24) is 0 Å². The lowest BCUT2D eigenvalue weighted by atomic mass is 11.0. The number of hydrogen-bond donors (Lipinski definition) is 3. The van der Waals surface area contributed by atoms with E-state index in [4.69, 9.17) is 16.9 Å². The Morgan fingerprint density at radius 1 is 1.57 bits per heavy atom. The molecule has 5 N–H and O–H groups in total. The van der Waals surface area contributed by atoms with E-state index in [2.05, 4.69) is 4.99 Å². The molecule has 0 saturated carbocycles. The van der Waals surface area contributed by atoms with Gasteiger partial charge in [-0.1, -0.05) is 0 Å². The van der Waals surface area contributed by atoms with Gasteiger partial charge in [-0.15, -0.1) is 12.4 Å². The highest BCUT2D eigenvalue weighted by atomic mass is 35.5. The lowest BCUT2D eigenvalue weighted by Crippen LogP contribution is -2.22. The number of nitrogens with two attached hydrogens (primary N) is 2. The molecule has 0 aromatic rings. The first kappa shape index (κ1) is 9.52. The average molecular weight is 123 g/mol. The largest absolute Gasteiger partial charge is 0.370 e. The van der Waals surface area contributed by atoms with Gasteiger partial charge in [-0.2, -0.15) is 0 Å². The fourth-order valence-electron chi connectivity index (χ4n) is 0.0745. The third kappa shape index (κ3) is 11.0. The predicted octanol–water partition coefficient (Wildman–Crippen LogP) is -0.711. The quantitative estimate of drug-likeness (QED) is 0.317. The van der Waals surface area contributed by atoms with E-state index in [0.717, 1.165) is 6.34 Å². The Morgan fingerprint density at radius 3 is 2.00 bits per heavy atom. The Bertz CT molecular complexity index is 73.8. The minimum atomic E-state index is -0.0787. The SMILES string of the molecule is Cl.N=CN=C(N)N. The second-order valence-corrected chi connectivity index (χ2v) is 0.683. The standard InChI is InChI=1S/C2H6N4.ClH/c3-1-6-2(4)5;/h1H,(H5,3,4,5,6);1H. The summed E-state index contributed by atoms with van der Waals surface area (Å²) in [5, 5.41) is 6.26. The van der Waals surface area contributed by atoms with Crippen LogP contribution in [0.15, 0.2) is 4.99 Å². The Kier molecular flexibility index (Phi) is 7.12. The second-order valence-electron chi connectivity index (χ2n) is 0.683. The van der Waals surface area contributed by atoms with Crippen LogP contribution in [0, 0.1) is 5.41 Å². The monoisotopic (exact) mass is 122 g/mol. The normalized spacial score (nSPS) is 5.71. The predicted molar refractivity (Wildman–Crippen MR) is 31.8 cm³/mol. The minimum Gasteiger partial charge on any atom is -0.370 e. The number of nitrogens with one attached hydrogen (secondary N) is 1. The van der Waals surface area contributed by atoms with Crippen LogP contribution < -0.4 is 11.5 Å². The van der Waals surface area contributed by atoms with Gasteiger partial charge in [0.1, 0.15) is 6.34 Å². The Morgan fingerprint density at radius 2 is 2.00 bits per heavy atom. The maximum Gasteiger partial charge on any atom is 0.192 e. The zero-order valence-corrected chi connectivity index (χ0v) is 4.40. The summed E-state index contributed by atoms with van der Waals surface area (Å²) in [5.41, 5.74) is 9.56. The zero-order valence-electron chi connectivity index (χ0n) is 3.59. The zero-order chi connectivity index (χ0) is 4.99. The van der Waals surface area contributed by atoms with Gasteiger partial charge in [-0.05, 0) is 0 Å². The molecule has 0 heterocycles. The summed E-state index contributed by atoms with van der Waals surface area (Å²) in [5.74, 6) is -0.0787. The first-order valence-electron chi connectivity index (χ1n) is 1.35. The summed E-state index contributed by atoms with van der Waals surface area (Å²) in [4.78, 5) is 3.14. The topological polar surface area (TPSA) is 88.2 Å². The molecule has 0 aliphatic rings. The maximum absolute atomic E-state index is 6.26. The van der Waals surface area contributed by atoms with Crippen LogP contribution >= 0.6 is 12.4 Å². The molecule has 0 aliphatic heterocycles. The van der Waals surface area contributed by atoms with Crippen LogP contribution in [-0.2, 0) is 0 Å². The van der Waals surface area contributed by atoms with Crippen molar-refractivity contribution >= 4 is 24.7 Å². The van der Waals surface area contributed by atoms with Crippen LogP contribution in [0.1, 0.15) is 0 Å². The summed E-state index contributed by atoms with van der Waals surface area (Å²) in [7, 11) is 0. The molecule has 5 heteroatoms. The molecule has 0 fully saturated rings. The van der Waals surface area contributed by atoms with Gasteiger partial charge in [-0.3, -0.25) is 5.41 Å². The summed E-state index contributed by atoms with van der Waals surface area (Å²) in [6.45, 7) is 0. The smallest absolute Gasteiger partial charge is 0.192 e. The van der Waals surface area contributed by atoms with Crippen LogP contribution in [0.4, 0.5) is 0 Å². The number of nitrogens with zero attached hydrogens (tertiary/aromatic N) is 1. The molecule has 42 valence electrons. The molecule has 0 spiro atoms. The van der Waals surface area contributed by atoms with Gasteiger partial charge in [0.15, 0.2) is 5.96 Å². The van der Waals surface area contributed by atoms with Gasteiger partial charge in [0.05, 0.1) is 0 Å². The van der Waals surface area contributed by atoms with E-state index in [9.17, 15) is 0 Å². The molecule has 0 amide bonds. The molecule has 7 heavy (non-hydrogen) atoms. The van der Waals surface area contributed by atoms with Crippen molar-refractivity contribution in [3.05, 3.63) is 0 Å². The molecule has 0 saturated heterocycles. The van der Waals surface area contributed by atoms with Crippen molar-refractivity contribution in [1.29, 1.82) is 5.41 Å². The highest BCUT2D eigenvalue weighted by Crippen LogP contribution is 1.46. The van der Waals surface area contributed by atoms with Gasteiger partial charge in [0, 0.05) is 0 Å². The molecular formula is C2H7ClN4. The Labute approximate surface area is 47.5 Å². The molecule has 0 aromatic carbocycles. The second kappa shape index (κ2) is 5.23. The maximum atomic E-state index is 6.26. The molecule has 0 bridgehead atoms. The average Bonchev–Trinajstić information content (AvgIpc) is 1.35. The van der Waals surface area contributed by atoms with Crippen LogP contribution in [-0.4, -0.2) is 12.3 Å². The van der Waals surface area contributed by atoms with Gasteiger partial charge in [0.25, 0.3) is 0 Å². The lowest BCUT2D eigenvalue weighted by Gasteiger charge is -1.77. The third-order valence-electron chi connectivity index (χ3n) is 0.214. The molecule has 0 unspecified atom stereocenters. The Hall–Kier alpha value is -0.770. The molecule has 0 aliphatic carbocycles. The lowest BCUT2D eigenvalue weighted by molar-refractivity contribution is 1.45. The van der Waals surface area contributed by atoms with E-state index in [1.165, 1.54) is 0 Å². The van der Waals surface area contributed by atoms with Crippen molar-refractivity contribution < 1.29 is 0 Å². The van der Waals surface area contributed by atoms with Gasteiger partial charge < -0.3 is 11.5 Å². The molecule has 0 atom stereocenters. The van der Waals surface area contributed by atoms with E-state index in [1.54, 1.807) is 0 Å². The number of aliphatic imine (C=N–C) groups is 1. The highest BCUT2D eigenvalue weighted by molar-refractivity contribution is 5.85.